The summed E-state index contributed by atoms with van der Waals surface area (Å²) in [4.78, 5) is 24.0. The van der Waals surface area contributed by atoms with E-state index in [1.54, 1.807) is 36.4 Å². The molecule has 1 unspecified atom stereocenters. The number of aromatic carboxylic acids is 1. The van der Waals surface area contributed by atoms with E-state index in [1.807, 2.05) is 30.3 Å². The smallest absolute Gasteiger partial charge is 0.247 e. The van der Waals surface area contributed by atoms with E-state index in [0.29, 0.717) is 23.4 Å². The number of halogens is 1. The van der Waals surface area contributed by atoms with Crippen molar-refractivity contribution in [3.8, 4) is 0 Å². The van der Waals surface area contributed by atoms with Crippen LogP contribution in [0.25, 0.3) is 0 Å². The highest BCUT2D eigenvalue weighted by Crippen LogP contribution is 2.21. The topological polar surface area (TPSA) is 131 Å². The minimum atomic E-state index is -1.28. The molecule has 0 saturated carbocycles. The van der Waals surface area contributed by atoms with Crippen molar-refractivity contribution in [2.24, 2.45) is 5.73 Å². The number of carbonyl (C=O) groups is 2. The number of hydrogen-bond acceptors (Lipinski definition) is 5. The van der Waals surface area contributed by atoms with Crippen molar-refractivity contribution >= 4 is 35.8 Å². The van der Waals surface area contributed by atoms with Crippen LogP contribution in [-0.2, 0) is 11.3 Å². The van der Waals surface area contributed by atoms with Crippen molar-refractivity contribution in [1.29, 1.82) is 5.41 Å². The fourth-order valence-corrected chi connectivity index (χ4v) is 2.91. The second kappa shape index (κ2) is 10.8. The number of anilines is 1. The van der Waals surface area contributed by atoms with Gasteiger partial charge in [-0.05, 0) is 41.0 Å². The summed E-state index contributed by atoms with van der Waals surface area (Å²) < 4.78 is 0. The Morgan fingerprint density at radius 1 is 0.903 bits per heavy atom. The van der Waals surface area contributed by atoms with Crippen molar-refractivity contribution < 1.29 is 14.7 Å². The van der Waals surface area contributed by atoms with Gasteiger partial charge in [0.1, 0.15) is 11.9 Å². The van der Waals surface area contributed by atoms with Crippen LogP contribution in [0.5, 0.6) is 0 Å². The molecular weight excluding hydrogens is 416 g/mol. The summed E-state index contributed by atoms with van der Waals surface area (Å²) in [6.45, 7) is 0.359. The van der Waals surface area contributed by atoms with Gasteiger partial charge in [0, 0.05) is 17.8 Å². The molecule has 1 atom stereocenters. The Labute approximate surface area is 186 Å². The number of hydrogen-bond donors (Lipinski definition) is 4. The van der Waals surface area contributed by atoms with Gasteiger partial charge in [0.2, 0.25) is 5.91 Å². The van der Waals surface area contributed by atoms with Gasteiger partial charge in [0.05, 0.1) is 5.97 Å². The number of amidine groups is 1. The standard InChI is InChI=1S/C23H22N4O3.ClH/c24-21(25)17-10-12-19(13-11-17)27-20(16-6-8-18(9-7-16)23(29)30)22(28)26-14-15-4-2-1-3-5-15;/h1-13,20,27H,14H2,(H3,24,25)(H,26,28)(H,29,30);1H/p-1. The van der Waals surface area contributed by atoms with Crippen molar-refractivity contribution in [2.45, 2.75) is 12.6 Å². The molecule has 0 heterocycles. The average Bonchev–Trinajstić information content (AvgIpc) is 2.77. The predicted octanol–water partition coefficient (Wildman–Crippen LogP) is 2.23. The lowest BCUT2D eigenvalue weighted by Crippen LogP contribution is -2.33. The van der Waals surface area contributed by atoms with Crippen LogP contribution in [0.4, 0.5) is 5.69 Å². The van der Waals surface area contributed by atoms with E-state index in [0.717, 1.165) is 5.56 Å². The van der Waals surface area contributed by atoms with E-state index < -0.39 is 12.0 Å². The molecule has 5 N–H and O–H groups in total. The second-order valence-electron chi connectivity index (χ2n) is 6.68. The number of carbonyl (C=O) groups excluding carboxylic acids is 2. The Balaban J connectivity index is 0.00000341. The van der Waals surface area contributed by atoms with Gasteiger partial charge in [0.25, 0.3) is 0 Å². The third-order valence-electron chi connectivity index (χ3n) is 4.56. The quantitative estimate of drug-likeness (QED) is 0.317. The maximum absolute atomic E-state index is 13.0. The van der Waals surface area contributed by atoms with Crippen LogP contribution in [0.2, 0.25) is 0 Å². The van der Waals surface area contributed by atoms with Gasteiger partial charge in [-0.15, -0.1) is 12.4 Å². The Morgan fingerprint density at radius 3 is 2.03 bits per heavy atom. The fraction of sp³-hybridized carbons (Fsp3) is 0.0870. The number of carboxylic acid groups (broad SMARTS) is 1. The SMILES string of the molecule is Cl.N=C(N)c1ccc(NC(C(=O)NCc2ccccc2)c2ccc(C(=O)[O-])cc2)cc1. The molecule has 0 aliphatic rings. The third-order valence-corrected chi connectivity index (χ3v) is 4.56. The molecule has 3 aromatic rings. The Morgan fingerprint density at radius 2 is 1.48 bits per heavy atom. The number of nitrogens with one attached hydrogen (secondary N) is 3. The zero-order chi connectivity index (χ0) is 21.5. The van der Waals surface area contributed by atoms with Crippen LogP contribution >= 0.6 is 12.4 Å². The first-order valence-corrected chi connectivity index (χ1v) is 9.28. The molecule has 31 heavy (non-hydrogen) atoms. The highest BCUT2D eigenvalue weighted by Gasteiger charge is 2.20. The lowest BCUT2D eigenvalue weighted by molar-refractivity contribution is -0.255. The minimum absolute atomic E-state index is 0. The van der Waals surface area contributed by atoms with Gasteiger partial charge in [-0.25, -0.2) is 0 Å². The lowest BCUT2D eigenvalue weighted by Gasteiger charge is -2.21. The zero-order valence-corrected chi connectivity index (χ0v) is 17.3. The summed E-state index contributed by atoms with van der Waals surface area (Å²) in [6.07, 6.45) is 0. The molecule has 0 fully saturated rings. The van der Waals surface area contributed by atoms with Crippen LogP contribution in [-0.4, -0.2) is 17.7 Å². The molecule has 3 aromatic carbocycles. The molecule has 0 saturated heterocycles. The first-order chi connectivity index (χ1) is 14.4. The zero-order valence-electron chi connectivity index (χ0n) is 16.5. The maximum atomic E-state index is 13.0. The molecule has 0 aromatic heterocycles. The van der Waals surface area contributed by atoms with Gasteiger partial charge >= 0.3 is 0 Å². The number of carboxylic acids is 1. The summed E-state index contributed by atoms with van der Waals surface area (Å²) in [5, 5.41) is 24.6. The number of nitrogens with two attached hydrogens (primary N) is 1. The molecule has 0 aliphatic heterocycles. The maximum Gasteiger partial charge on any atom is 0.247 e. The molecule has 3 rings (SSSR count). The number of nitrogen functional groups attached to an aromatic ring is 1. The molecule has 0 radical (unpaired) electrons. The summed E-state index contributed by atoms with van der Waals surface area (Å²) >= 11 is 0. The van der Waals surface area contributed by atoms with E-state index in [2.05, 4.69) is 10.6 Å². The summed E-state index contributed by atoms with van der Waals surface area (Å²) in [5.41, 5.74) is 8.31. The molecule has 0 aliphatic carbocycles. The summed E-state index contributed by atoms with van der Waals surface area (Å²) in [6, 6.07) is 21.6. The van der Waals surface area contributed by atoms with E-state index in [-0.39, 0.29) is 29.7 Å². The number of benzene rings is 3. The minimum Gasteiger partial charge on any atom is -0.545 e. The monoisotopic (exact) mass is 437 g/mol. The van der Waals surface area contributed by atoms with Crippen molar-refractivity contribution in [3.63, 3.8) is 0 Å². The van der Waals surface area contributed by atoms with Crippen LogP contribution < -0.4 is 21.5 Å². The number of amides is 1. The number of rotatable bonds is 8. The first-order valence-electron chi connectivity index (χ1n) is 9.28. The van der Waals surface area contributed by atoms with Crippen LogP contribution in [0.1, 0.15) is 33.1 Å². The first kappa shape index (κ1) is 23.4. The van der Waals surface area contributed by atoms with Gasteiger partial charge in [0.15, 0.2) is 0 Å². The molecule has 7 nitrogen and oxygen atoms in total. The summed E-state index contributed by atoms with van der Waals surface area (Å²) in [5.74, 6) is -1.59. The van der Waals surface area contributed by atoms with Gasteiger partial charge in [-0.1, -0.05) is 54.6 Å². The van der Waals surface area contributed by atoms with E-state index in [4.69, 9.17) is 11.1 Å². The molecular formula is C23H22ClN4O3-. The normalized spacial score (nSPS) is 11.0. The predicted molar refractivity (Wildman–Crippen MR) is 120 cm³/mol. The van der Waals surface area contributed by atoms with Crippen LogP contribution in [0, 0.1) is 5.41 Å². The third kappa shape index (κ3) is 6.32. The van der Waals surface area contributed by atoms with Crippen LogP contribution in [0.3, 0.4) is 0 Å². The molecule has 8 heteroatoms. The molecule has 0 spiro atoms. The largest absolute Gasteiger partial charge is 0.545 e. The molecule has 0 bridgehead atoms. The van der Waals surface area contributed by atoms with Crippen molar-refractivity contribution in [1.82, 2.24) is 5.32 Å². The molecule has 160 valence electrons. The second-order valence-corrected chi connectivity index (χ2v) is 6.68. The van der Waals surface area contributed by atoms with E-state index in [1.165, 1.54) is 12.1 Å². The van der Waals surface area contributed by atoms with E-state index in [9.17, 15) is 14.7 Å². The Bertz CT molecular complexity index is 1040. The Hall–Kier alpha value is -3.84. The fourth-order valence-electron chi connectivity index (χ4n) is 2.91. The van der Waals surface area contributed by atoms with E-state index >= 15 is 0 Å². The Kier molecular flexibility index (Phi) is 8.16. The van der Waals surface area contributed by atoms with Gasteiger partial charge in [-0.3, -0.25) is 10.2 Å². The van der Waals surface area contributed by atoms with Crippen molar-refractivity contribution in [2.75, 3.05) is 5.32 Å². The van der Waals surface area contributed by atoms with Gasteiger partial charge < -0.3 is 26.3 Å². The highest BCUT2D eigenvalue weighted by molar-refractivity contribution is 5.95. The highest BCUT2D eigenvalue weighted by atomic mass is 35.5. The lowest BCUT2D eigenvalue weighted by atomic mass is 10.0. The summed E-state index contributed by atoms with van der Waals surface area (Å²) in [7, 11) is 0. The molecule has 1 amide bonds. The van der Waals surface area contributed by atoms with Crippen molar-refractivity contribution in [3.05, 3.63) is 101 Å². The average molecular weight is 438 g/mol. The van der Waals surface area contributed by atoms with Crippen LogP contribution in [0.15, 0.2) is 78.9 Å². The van der Waals surface area contributed by atoms with Gasteiger partial charge in [-0.2, -0.15) is 0 Å².